The molecule has 1 N–H and O–H groups in total. The summed E-state index contributed by atoms with van der Waals surface area (Å²) in [5, 5.41) is 3.28. The molecule has 2 aliphatic rings. The van der Waals surface area contributed by atoms with Crippen molar-refractivity contribution >= 4 is 21.6 Å². The Bertz CT molecular complexity index is 382. The fourth-order valence-corrected chi connectivity index (χ4v) is 5.69. The van der Waals surface area contributed by atoms with Crippen molar-refractivity contribution in [3.63, 3.8) is 0 Å². The van der Waals surface area contributed by atoms with Gasteiger partial charge in [-0.15, -0.1) is 0 Å². The highest BCUT2D eigenvalue weighted by Gasteiger charge is 2.36. The molecular formula is C13H26N2O2S2. The third-order valence-electron chi connectivity index (χ3n) is 4.10. The third kappa shape index (κ3) is 4.09. The van der Waals surface area contributed by atoms with Crippen molar-refractivity contribution in [2.75, 3.05) is 30.3 Å². The molecule has 0 aromatic rings. The summed E-state index contributed by atoms with van der Waals surface area (Å²) >= 11 is 1.77. The lowest BCUT2D eigenvalue weighted by Crippen LogP contribution is -2.55. The minimum atomic E-state index is -2.97. The fraction of sp³-hybridized carbons (Fsp3) is 1.00. The predicted octanol–water partition coefficient (Wildman–Crippen LogP) is 1.33. The molecule has 0 bridgehead atoms. The highest BCUT2D eigenvalue weighted by Crippen LogP contribution is 2.25. The lowest BCUT2D eigenvalue weighted by atomic mass is 10.2. The van der Waals surface area contributed by atoms with Gasteiger partial charge in [0.25, 0.3) is 0 Å². The topological polar surface area (TPSA) is 49.4 Å². The average molecular weight is 306 g/mol. The van der Waals surface area contributed by atoms with Crippen LogP contribution in [0.15, 0.2) is 0 Å². The van der Waals surface area contributed by atoms with Crippen LogP contribution >= 0.6 is 11.8 Å². The maximum Gasteiger partial charge on any atom is 0.166 e. The standard InChI is InChI=1S/C13H26N2O2S2/c1-3-12(9-14-11-5-6-11)15-7-8-18-10-13(15)19(16,17)4-2/h11-14H,3-10H2,1-2H3. The van der Waals surface area contributed by atoms with E-state index in [1.807, 2.05) is 0 Å². The molecule has 2 atom stereocenters. The first-order valence-corrected chi connectivity index (χ1v) is 10.2. The lowest BCUT2D eigenvalue weighted by Gasteiger charge is -2.40. The molecule has 4 nitrogen and oxygen atoms in total. The summed E-state index contributed by atoms with van der Waals surface area (Å²) in [7, 11) is -2.97. The van der Waals surface area contributed by atoms with Gasteiger partial charge in [-0.25, -0.2) is 8.42 Å². The monoisotopic (exact) mass is 306 g/mol. The maximum absolute atomic E-state index is 12.3. The fourth-order valence-electron chi connectivity index (χ4n) is 2.60. The molecular weight excluding hydrogens is 280 g/mol. The average Bonchev–Trinajstić information content (AvgIpc) is 3.24. The number of hydrogen-bond donors (Lipinski definition) is 1. The Morgan fingerprint density at radius 2 is 2.11 bits per heavy atom. The zero-order valence-corrected chi connectivity index (χ0v) is 13.6. The van der Waals surface area contributed by atoms with Gasteiger partial charge in [0.05, 0.1) is 0 Å². The second-order valence-corrected chi connectivity index (χ2v) is 9.06. The molecule has 2 rings (SSSR count). The molecule has 1 saturated heterocycles. The molecule has 6 heteroatoms. The van der Waals surface area contributed by atoms with Crippen LogP contribution in [-0.2, 0) is 9.84 Å². The van der Waals surface area contributed by atoms with Crippen molar-refractivity contribution in [3.8, 4) is 0 Å². The van der Waals surface area contributed by atoms with Gasteiger partial charge in [-0.05, 0) is 19.3 Å². The molecule has 2 unspecified atom stereocenters. The largest absolute Gasteiger partial charge is 0.312 e. The summed E-state index contributed by atoms with van der Waals surface area (Å²) in [4.78, 5) is 2.24. The van der Waals surface area contributed by atoms with E-state index in [-0.39, 0.29) is 11.1 Å². The Hall–Kier alpha value is 0.220. The van der Waals surface area contributed by atoms with E-state index in [1.54, 1.807) is 18.7 Å². The molecule has 112 valence electrons. The number of nitrogens with zero attached hydrogens (tertiary/aromatic N) is 1. The Labute approximate surface area is 121 Å². The van der Waals surface area contributed by atoms with E-state index in [0.717, 1.165) is 31.0 Å². The van der Waals surface area contributed by atoms with Crippen LogP contribution in [0.4, 0.5) is 0 Å². The van der Waals surface area contributed by atoms with Crippen LogP contribution in [0.2, 0.25) is 0 Å². The Balaban J connectivity index is 2.03. The number of rotatable bonds is 7. The van der Waals surface area contributed by atoms with Gasteiger partial charge in [0.1, 0.15) is 5.37 Å². The van der Waals surface area contributed by atoms with Crippen molar-refractivity contribution in [1.82, 2.24) is 10.2 Å². The van der Waals surface area contributed by atoms with E-state index in [2.05, 4.69) is 17.1 Å². The van der Waals surface area contributed by atoms with E-state index in [4.69, 9.17) is 0 Å². The van der Waals surface area contributed by atoms with E-state index in [1.165, 1.54) is 12.8 Å². The summed E-state index contributed by atoms with van der Waals surface area (Å²) in [6, 6.07) is 1.04. The number of nitrogens with one attached hydrogen (secondary N) is 1. The van der Waals surface area contributed by atoms with E-state index < -0.39 is 9.84 Å². The zero-order valence-electron chi connectivity index (χ0n) is 12.0. The molecule has 0 radical (unpaired) electrons. The van der Waals surface area contributed by atoms with Crippen molar-refractivity contribution in [3.05, 3.63) is 0 Å². The Kier molecular flexibility index (Phi) is 5.57. The van der Waals surface area contributed by atoms with Crippen molar-refractivity contribution in [1.29, 1.82) is 0 Å². The molecule has 1 heterocycles. The van der Waals surface area contributed by atoms with Gasteiger partial charge in [0.15, 0.2) is 9.84 Å². The van der Waals surface area contributed by atoms with Crippen LogP contribution in [-0.4, -0.2) is 61.1 Å². The van der Waals surface area contributed by atoms with Gasteiger partial charge in [-0.3, -0.25) is 4.90 Å². The van der Waals surface area contributed by atoms with Crippen molar-refractivity contribution in [2.45, 2.75) is 50.6 Å². The first-order valence-electron chi connectivity index (χ1n) is 7.37. The van der Waals surface area contributed by atoms with Crippen molar-refractivity contribution < 1.29 is 8.42 Å². The maximum atomic E-state index is 12.3. The quantitative estimate of drug-likeness (QED) is 0.769. The highest BCUT2D eigenvalue weighted by molar-refractivity contribution is 8.01. The number of hydrogen-bond acceptors (Lipinski definition) is 5. The second-order valence-electron chi connectivity index (χ2n) is 5.46. The van der Waals surface area contributed by atoms with Crippen LogP contribution in [0.25, 0.3) is 0 Å². The summed E-state index contributed by atoms with van der Waals surface area (Å²) in [6.07, 6.45) is 3.58. The second kappa shape index (κ2) is 6.78. The smallest absolute Gasteiger partial charge is 0.166 e. The first kappa shape index (κ1) is 15.6. The molecule has 0 amide bonds. The molecule has 0 spiro atoms. The summed E-state index contributed by atoms with van der Waals surface area (Å²) < 4.78 is 24.5. The number of sulfone groups is 1. The van der Waals surface area contributed by atoms with Crippen LogP contribution in [0.5, 0.6) is 0 Å². The van der Waals surface area contributed by atoms with Gasteiger partial charge in [0, 0.05) is 42.4 Å². The molecule has 2 fully saturated rings. The molecule has 1 saturated carbocycles. The normalized spacial score (nSPS) is 27.4. The Morgan fingerprint density at radius 1 is 1.37 bits per heavy atom. The summed E-state index contributed by atoms with van der Waals surface area (Å²) in [5.41, 5.74) is 0. The molecule has 1 aliphatic heterocycles. The van der Waals surface area contributed by atoms with Crippen LogP contribution < -0.4 is 5.32 Å². The van der Waals surface area contributed by atoms with Crippen molar-refractivity contribution in [2.24, 2.45) is 0 Å². The third-order valence-corrected chi connectivity index (χ3v) is 7.41. The predicted molar refractivity (Wildman–Crippen MR) is 82.4 cm³/mol. The molecule has 19 heavy (non-hydrogen) atoms. The van der Waals surface area contributed by atoms with Gasteiger partial charge in [0.2, 0.25) is 0 Å². The molecule has 0 aromatic carbocycles. The van der Waals surface area contributed by atoms with E-state index in [9.17, 15) is 8.42 Å². The first-order chi connectivity index (χ1) is 9.08. The van der Waals surface area contributed by atoms with Crippen LogP contribution in [0, 0.1) is 0 Å². The van der Waals surface area contributed by atoms with Crippen LogP contribution in [0.3, 0.4) is 0 Å². The van der Waals surface area contributed by atoms with Gasteiger partial charge in [-0.1, -0.05) is 13.8 Å². The van der Waals surface area contributed by atoms with Gasteiger partial charge in [-0.2, -0.15) is 11.8 Å². The van der Waals surface area contributed by atoms with Gasteiger partial charge < -0.3 is 5.32 Å². The summed E-state index contributed by atoms with van der Waals surface area (Å²) in [5.74, 6) is 2.03. The summed E-state index contributed by atoms with van der Waals surface area (Å²) in [6.45, 7) is 5.76. The molecule has 1 aliphatic carbocycles. The highest BCUT2D eigenvalue weighted by atomic mass is 32.2. The van der Waals surface area contributed by atoms with E-state index in [0.29, 0.717) is 12.1 Å². The SMILES string of the molecule is CCC(CNC1CC1)N1CCSCC1S(=O)(=O)CC. The minimum absolute atomic E-state index is 0.251. The number of thioether (sulfide) groups is 1. The zero-order chi connectivity index (χ0) is 13.9. The van der Waals surface area contributed by atoms with Gasteiger partial charge >= 0.3 is 0 Å². The Morgan fingerprint density at radius 3 is 2.68 bits per heavy atom. The minimum Gasteiger partial charge on any atom is -0.312 e. The molecule has 0 aromatic heterocycles. The van der Waals surface area contributed by atoms with E-state index >= 15 is 0 Å². The lowest BCUT2D eigenvalue weighted by molar-refractivity contribution is 0.182. The van der Waals surface area contributed by atoms with Crippen LogP contribution in [0.1, 0.15) is 33.1 Å².